The zero-order chi connectivity index (χ0) is 10.9. The van der Waals surface area contributed by atoms with E-state index in [0.29, 0.717) is 12.5 Å². The van der Waals surface area contributed by atoms with Gasteiger partial charge < -0.3 is 0 Å². The number of hydrogen-bond donors (Lipinski definition) is 1. The predicted molar refractivity (Wildman–Crippen MR) is 52.1 cm³/mol. The minimum absolute atomic E-state index is 0.373. The first-order chi connectivity index (χ1) is 7.09. The van der Waals surface area contributed by atoms with Gasteiger partial charge in [0.2, 0.25) is 5.03 Å². The van der Waals surface area contributed by atoms with Gasteiger partial charge in [-0.3, -0.25) is 0 Å². The van der Waals surface area contributed by atoms with Gasteiger partial charge in [0.1, 0.15) is 0 Å². The molecule has 4 nitrogen and oxygen atoms in total. The van der Waals surface area contributed by atoms with E-state index < -0.39 is 20.9 Å². The van der Waals surface area contributed by atoms with Crippen molar-refractivity contribution in [2.45, 2.75) is 17.9 Å². The molecule has 0 radical (unpaired) electrons. The first kappa shape index (κ1) is 10.5. The lowest BCUT2D eigenvalue weighted by molar-refractivity contribution is 0.542. The smallest absolute Gasteiger partial charge is 0.241 e. The Balaban J connectivity index is 2.16. The number of hydrogen-bond acceptors (Lipinski definition) is 3. The number of nitrogens with one attached hydrogen (secondary N) is 1. The summed E-state index contributed by atoms with van der Waals surface area (Å²) in [6.45, 7) is 0.373. The third-order valence-corrected chi connectivity index (χ3v) is 3.59. The third-order valence-electron chi connectivity index (χ3n) is 2.24. The van der Waals surface area contributed by atoms with Gasteiger partial charge in [0.25, 0.3) is 10.0 Å². The van der Waals surface area contributed by atoms with Gasteiger partial charge in [-0.2, -0.15) is 0 Å². The molecule has 1 fully saturated rings. The molecule has 1 N–H and O–H groups in total. The summed E-state index contributed by atoms with van der Waals surface area (Å²) in [7, 11) is -3.78. The summed E-state index contributed by atoms with van der Waals surface area (Å²) in [6, 6.07) is 2.44. The molecule has 0 atom stereocenters. The molecule has 0 aromatic carbocycles. The van der Waals surface area contributed by atoms with Crippen LogP contribution < -0.4 is 4.72 Å². The highest BCUT2D eigenvalue weighted by Gasteiger charge is 2.26. The molecule has 0 bridgehead atoms. The minimum Gasteiger partial charge on any atom is -0.241 e. The van der Waals surface area contributed by atoms with Crippen LogP contribution >= 0.6 is 0 Å². The normalized spacial score (nSPS) is 16.6. The Morgan fingerprint density at radius 3 is 2.87 bits per heavy atom. The maximum atomic E-state index is 13.1. The fourth-order valence-electron chi connectivity index (χ4n) is 1.19. The van der Waals surface area contributed by atoms with Crippen molar-refractivity contribution in [3.05, 3.63) is 24.1 Å². The van der Waals surface area contributed by atoms with E-state index in [2.05, 4.69) is 9.71 Å². The maximum Gasteiger partial charge on any atom is 0.261 e. The first-order valence-electron chi connectivity index (χ1n) is 4.70. The van der Waals surface area contributed by atoms with Crippen LogP contribution in [0.15, 0.2) is 23.4 Å². The van der Waals surface area contributed by atoms with E-state index >= 15 is 0 Å². The van der Waals surface area contributed by atoms with Gasteiger partial charge in [0.15, 0.2) is 5.82 Å². The summed E-state index contributed by atoms with van der Waals surface area (Å²) < 4.78 is 38.6. The molecule has 1 aromatic rings. The topological polar surface area (TPSA) is 59.1 Å². The predicted octanol–water partition coefficient (Wildman–Crippen LogP) is 0.909. The lowest BCUT2D eigenvalue weighted by Gasteiger charge is -2.05. The zero-order valence-electron chi connectivity index (χ0n) is 7.98. The molecule has 0 aliphatic heterocycles. The zero-order valence-corrected chi connectivity index (χ0v) is 8.80. The van der Waals surface area contributed by atoms with E-state index in [1.54, 1.807) is 0 Å². The Kier molecular flexibility index (Phi) is 2.70. The second-order valence-electron chi connectivity index (χ2n) is 3.59. The first-order valence-corrected chi connectivity index (χ1v) is 6.18. The molecule has 82 valence electrons. The molecule has 0 unspecified atom stereocenters. The molecule has 6 heteroatoms. The van der Waals surface area contributed by atoms with Crippen molar-refractivity contribution in [1.29, 1.82) is 0 Å². The quantitative estimate of drug-likeness (QED) is 0.836. The summed E-state index contributed by atoms with van der Waals surface area (Å²) in [5, 5.41) is -0.523. The number of sulfonamides is 1. The van der Waals surface area contributed by atoms with Crippen molar-refractivity contribution in [2.75, 3.05) is 6.54 Å². The van der Waals surface area contributed by atoms with Crippen LogP contribution in [0.4, 0.5) is 4.39 Å². The molecule has 0 spiro atoms. The molecular weight excluding hydrogens is 219 g/mol. The Morgan fingerprint density at radius 1 is 1.53 bits per heavy atom. The van der Waals surface area contributed by atoms with Crippen LogP contribution in [0.2, 0.25) is 0 Å². The Morgan fingerprint density at radius 2 is 2.27 bits per heavy atom. The second kappa shape index (κ2) is 3.86. The Labute approximate surface area is 87.6 Å². The summed E-state index contributed by atoms with van der Waals surface area (Å²) >= 11 is 0. The van der Waals surface area contributed by atoms with Crippen LogP contribution in [0, 0.1) is 11.7 Å². The van der Waals surface area contributed by atoms with Crippen LogP contribution in [0.1, 0.15) is 12.8 Å². The van der Waals surface area contributed by atoms with E-state index in [9.17, 15) is 12.8 Å². The lowest BCUT2D eigenvalue weighted by atomic mass is 10.4. The van der Waals surface area contributed by atoms with Gasteiger partial charge in [0, 0.05) is 12.7 Å². The summed E-state index contributed by atoms with van der Waals surface area (Å²) in [6.07, 6.45) is 3.33. The molecule has 15 heavy (non-hydrogen) atoms. The monoisotopic (exact) mass is 230 g/mol. The summed E-state index contributed by atoms with van der Waals surface area (Å²) in [5.74, 6) is -0.410. The van der Waals surface area contributed by atoms with Gasteiger partial charge >= 0.3 is 0 Å². The summed E-state index contributed by atoms with van der Waals surface area (Å²) in [4.78, 5) is 3.52. The van der Waals surface area contributed by atoms with Crippen LogP contribution in [0.25, 0.3) is 0 Å². The molecular formula is C9H11FN2O2S. The van der Waals surface area contributed by atoms with Crippen molar-refractivity contribution >= 4 is 10.0 Å². The number of nitrogens with zero attached hydrogens (tertiary/aromatic N) is 1. The van der Waals surface area contributed by atoms with Crippen molar-refractivity contribution < 1.29 is 12.8 Å². The van der Waals surface area contributed by atoms with E-state index in [1.165, 1.54) is 12.3 Å². The van der Waals surface area contributed by atoms with Crippen molar-refractivity contribution in [2.24, 2.45) is 5.92 Å². The number of halogens is 1. The largest absolute Gasteiger partial charge is 0.261 e. The molecule has 1 aromatic heterocycles. The maximum absolute atomic E-state index is 13.1. The van der Waals surface area contributed by atoms with Crippen LogP contribution in [-0.4, -0.2) is 19.9 Å². The third kappa shape index (κ3) is 2.51. The van der Waals surface area contributed by atoms with E-state index in [4.69, 9.17) is 0 Å². The van der Waals surface area contributed by atoms with Crippen molar-refractivity contribution in [1.82, 2.24) is 9.71 Å². The molecule has 1 heterocycles. The minimum atomic E-state index is -3.78. The lowest BCUT2D eigenvalue weighted by Crippen LogP contribution is -2.27. The highest BCUT2D eigenvalue weighted by atomic mass is 32.2. The summed E-state index contributed by atoms with van der Waals surface area (Å²) in [5.41, 5.74) is 0. The number of pyridine rings is 1. The van der Waals surface area contributed by atoms with Crippen LogP contribution in [-0.2, 0) is 10.0 Å². The van der Waals surface area contributed by atoms with E-state index in [-0.39, 0.29) is 0 Å². The second-order valence-corrected chi connectivity index (χ2v) is 5.27. The van der Waals surface area contributed by atoms with Gasteiger partial charge in [-0.1, -0.05) is 0 Å². The fraction of sp³-hybridized carbons (Fsp3) is 0.444. The molecule has 1 aliphatic rings. The Hall–Kier alpha value is -1.01. The van der Waals surface area contributed by atoms with E-state index in [1.807, 2.05) is 0 Å². The molecule has 0 saturated heterocycles. The van der Waals surface area contributed by atoms with Gasteiger partial charge in [-0.25, -0.2) is 22.5 Å². The molecule has 2 rings (SSSR count). The standard InChI is InChI=1S/C9H11FN2O2S/c10-8-2-1-5-11-9(8)15(13,14)12-6-7-3-4-7/h1-2,5,7,12H,3-4,6H2. The Bertz CT molecular complexity index is 457. The van der Waals surface area contributed by atoms with Gasteiger partial charge in [-0.15, -0.1) is 0 Å². The number of aromatic nitrogens is 1. The van der Waals surface area contributed by atoms with Crippen molar-refractivity contribution in [3.63, 3.8) is 0 Å². The SMILES string of the molecule is O=S(=O)(NCC1CC1)c1ncccc1F. The van der Waals surface area contributed by atoms with Crippen LogP contribution in [0.3, 0.4) is 0 Å². The van der Waals surface area contributed by atoms with Gasteiger partial charge in [0.05, 0.1) is 0 Å². The van der Waals surface area contributed by atoms with Gasteiger partial charge in [-0.05, 0) is 30.9 Å². The average molecular weight is 230 g/mol. The fourth-order valence-corrected chi connectivity index (χ4v) is 2.30. The molecule has 0 amide bonds. The highest BCUT2D eigenvalue weighted by molar-refractivity contribution is 7.89. The van der Waals surface area contributed by atoms with Crippen LogP contribution in [0.5, 0.6) is 0 Å². The number of rotatable bonds is 4. The van der Waals surface area contributed by atoms with Crippen molar-refractivity contribution in [3.8, 4) is 0 Å². The van der Waals surface area contributed by atoms with E-state index in [0.717, 1.165) is 18.9 Å². The molecule has 1 aliphatic carbocycles. The molecule has 1 saturated carbocycles. The average Bonchev–Trinajstić information content (AvgIpc) is 2.99. The highest BCUT2D eigenvalue weighted by Crippen LogP contribution is 2.28.